The Balaban J connectivity index is 0.0000102. The number of hydrogen-bond donors (Lipinski definition) is 3. The molecule has 0 unspecified atom stereocenters. The SMILES string of the molecule is CCC(CC)(CNC(=NC)NCC(=O)N(C)CCc1ccccn1)NC(=O)OC(C)(C)C.I. The number of nitrogens with zero attached hydrogens (tertiary/aromatic N) is 3. The molecule has 0 bridgehead atoms. The van der Waals surface area contributed by atoms with Gasteiger partial charge < -0.3 is 25.6 Å². The van der Waals surface area contributed by atoms with Crippen molar-refractivity contribution in [3.05, 3.63) is 30.1 Å². The number of carbonyl (C=O) groups is 2. The number of guanidine groups is 1. The summed E-state index contributed by atoms with van der Waals surface area (Å²) in [6.45, 7) is 10.7. The maximum Gasteiger partial charge on any atom is 0.408 e. The Morgan fingerprint density at radius 2 is 1.82 bits per heavy atom. The molecule has 188 valence electrons. The molecule has 0 spiro atoms. The molecule has 1 heterocycles. The van der Waals surface area contributed by atoms with E-state index in [1.54, 1.807) is 25.2 Å². The number of ether oxygens (including phenoxy) is 1. The number of alkyl carbamates (subject to hydrolysis) is 1. The lowest BCUT2D eigenvalue weighted by Gasteiger charge is -2.34. The van der Waals surface area contributed by atoms with Crippen molar-refractivity contribution in [2.75, 3.05) is 33.7 Å². The second-order valence-corrected chi connectivity index (χ2v) is 8.78. The summed E-state index contributed by atoms with van der Waals surface area (Å²) in [6, 6.07) is 5.75. The van der Waals surface area contributed by atoms with Gasteiger partial charge in [0, 0.05) is 45.5 Å². The average Bonchev–Trinajstić information content (AvgIpc) is 2.75. The van der Waals surface area contributed by atoms with Crippen molar-refractivity contribution in [3.63, 3.8) is 0 Å². The minimum atomic E-state index is -0.564. The molecule has 0 radical (unpaired) electrons. The van der Waals surface area contributed by atoms with Crippen LogP contribution in [-0.2, 0) is 16.0 Å². The van der Waals surface area contributed by atoms with Gasteiger partial charge >= 0.3 is 6.09 Å². The molecule has 0 aliphatic heterocycles. The van der Waals surface area contributed by atoms with Crippen LogP contribution in [-0.4, -0.2) is 72.7 Å². The van der Waals surface area contributed by atoms with Crippen molar-refractivity contribution in [2.45, 2.75) is 65.0 Å². The molecule has 33 heavy (non-hydrogen) atoms. The van der Waals surface area contributed by atoms with Gasteiger partial charge in [-0.15, -0.1) is 24.0 Å². The van der Waals surface area contributed by atoms with E-state index in [1.165, 1.54) is 0 Å². The molecule has 3 N–H and O–H groups in total. The molecule has 0 aliphatic rings. The predicted octanol–water partition coefficient (Wildman–Crippen LogP) is 2.95. The predicted molar refractivity (Wildman–Crippen MR) is 143 cm³/mol. The quantitative estimate of drug-likeness (QED) is 0.225. The van der Waals surface area contributed by atoms with Gasteiger partial charge in [0.1, 0.15) is 5.60 Å². The number of aromatic nitrogens is 1. The third-order valence-electron chi connectivity index (χ3n) is 5.20. The van der Waals surface area contributed by atoms with Crippen molar-refractivity contribution in [2.24, 2.45) is 4.99 Å². The maximum absolute atomic E-state index is 12.5. The average molecular weight is 577 g/mol. The van der Waals surface area contributed by atoms with Crippen molar-refractivity contribution in [1.29, 1.82) is 0 Å². The zero-order valence-corrected chi connectivity index (χ0v) is 23.4. The van der Waals surface area contributed by atoms with Crippen LogP contribution < -0.4 is 16.0 Å². The van der Waals surface area contributed by atoms with E-state index in [-0.39, 0.29) is 36.4 Å². The van der Waals surface area contributed by atoms with Crippen LogP contribution in [0.2, 0.25) is 0 Å². The van der Waals surface area contributed by atoms with Crippen LogP contribution in [0.15, 0.2) is 29.4 Å². The van der Waals surface area contributed by atoms with Crippen molar-refractivity contribution < 1.29 is 14.3 Å². The van der Waals surface area contributed by atoms with E-state index in [4.69, 9.17) is 4.74 Å². The van der Waals surface area contributed by atoms with Crippen molar-refractivity contribution >= 4 is 41.9 Å². The number of nitrogens with one attached hydrogen (secondary N) is 3. The van der Waals surface area contributed by atoms with E-state index in [0.717, 1.165) is 5.69 Å². The van der Waals surface area contributed by atoms with Gasteiger partial charge in [0.25, 0.3) is 0 Å². The van der Waals surface area contributed by atoms with Gasteiger partial charge in [-0.05, 0) is 45.7 Å². The molecule has 0 aliphatic carbocycles. The largest absolute Gasteiger partial charge is 0.444 e. The molecule has 10 heteroatoms. The van der Waals surface area contributed by atoms with Gasteiger partial charge in [-0.3, -0.25) is 14.8 Å². The number of rotatable bonds is 10. The first-order chi connectivity index (χ1) is 15.0. The second-order valence-electron chi connectivity index (χ2n) is 8.78. The minimum Gasteiger partial charge on any atom is -0.444 e. The third kappa shape index (κ3) is 12.1. The lowest BCUT2D eigenvalue weighted by atomic mass is 9.93. The number of halogens is 1. The van der Waals surface area contributed by atoms with Crippen molar-refractivity contribution in [1.82, 2.24) is 25.8 Å². The first kappa shape index (κ1) is 30.9. The fraction of sp³-hybridized carbons (Fsp3) is 0.652. The number of aliphatic imine (C=N–C) groups is 1. The van der Waals surface area contributed by atoms with Crippen LogP contribution in [0.5, 0.6) is 0 Å². The molecular formula is C23H41IN6O3. The molecule has 0 aromatic carbocycles. The Morgan fingerprint density at radius 3 is 2.33 bits per heavy atom. The summed E-state index contributed by atoms with van der Waals surface area (Å²) < 4.78 is 5.41. The Bertz CT molecular complexity index is 748. The third-order valence-corrected chi connectivity index (χ3v) is 5.20. The van der Waals surface area contributed by atoms with Crippen LogP contribution in [0.25, 0.3) is 0 Å². The van der Waals surface area contributed by atoms with Gasteiger partial charge in [0.05, 0.1) is 12.1 Å². The minimum absolute atomic E-state index is 0. The van der Waals surface area contributed by atoms with Gasteiger partial charge in [0.2, 0.25) is 5.91 Å². The molecule has 2 amide bonds. The van der Waals surface area contributed by atoms with Crippen LogP contribution in [0.4, 0.5) is 4.79 Å². The van der Waals surface area contributed by atoms with E-state index in [9.17, 15) is 9.59 Å². The summed E-state index contributed by atoms with van der Waals surface area (Å²) in [7, 11) is 3.42. The van der Waals surface area contributed by atoms with E-state index in [1.807, 2.05) is 52.8 Å². The molecule has 9 nitrogen and oxygen atoms in total. The van der Waals surface area contributed by atoms with E-state index < -0.39 is 17.2 Å². The molecule has 1 aromatic heterocycles. The molecule has 0 saturated heterocycles. The standard InChI is InChI=1S/C23H40N6O3.HI/c1-8-23(9-2,28-21(31)32-22(3,4)5)17-27-20(24-6)26-16-19(30)29(7)15-13-18-12-10-11-14-25-18;/h10-12,14H,8-9,13,15-17H2,1-7H3,(H,28,31)(H2,24,26,27);1H. The smallest absolute Gasteiger partial charge is 0.408 e. The molecular weight excluding hydrogens is 535 g/mol. The zero-order valence-electron chi connectivity index (χ0n) is 21.0. The van der Waals surface area contributed by atoms with Gasteiger partial charge in [-0.2, -0.15) is 0 Å². The Morgan fingerprint density at radius 1 is 1.15 bits per heavy atom. The molecule has 0 saturated carbocycles. The number of amides is 2. The van der Waals surface area contributed by atoms with Crippen LogP contribution in [0.1, 0.15) is 53.2 Å². The highest BCUT2D eigenvalue weighted by Crippen LogP contribution is 2.16. The molecule has 1 aromatic rings. The highest BCUT2D eigenvalue weighted by atomic mass is 127. The van der Waals surface area contributed by atoms with E-state index >= 15 is 0 Å². The number of pyridine rings is 1. The van der Waals surface area contributed by atoms with Crippen LogP contribution >= 0.6 is 24.0 Å². The summed E-state index contributed by atoms with van der Waals surface area (Å²) in [5, 5.41) is 9.26. The lowest BCUT2D eigenvalue weighted by Crippen LogP contribution is -2.57. The number of hydrogen-bond acceptors (Lipinski definition) is 5. The summed E-state index contributed by atoms with van der Waals surface area (Å²) in [6.07, 6.45) is 3.42. The second kappa shape index (κ2) is 14.9. The summed E-state index contributed by atoms with van der Waals surface area (Å²) in [5.74, 6) is 0.446. The zero-order chi connectivity index (χ0) is 24.2. The number of carbonyl (C=O) groups excluding carboxylic acids is 2. The highest BCUT2D eigenvalue weighted by Gasteiger charge is 2.30. The monoisotopic (exact) mass is 576 g/mol. The Labute approximate surface area is 215 Å². The highest BCUT2D eigenvalue weighted by molar-refractivity contribution is 14.0. The maximum atomic E-state index is 12.5. The summed E-state index contributed by atoms with van der Waals surface area (Å²) >= 11 is 0. The van der Waals surface area contributed by atoms with Crippen LogP contribution in [0, 0.1) is 0 Å². The summed E-state index contributed by atoms with van der Waals surface area (Å²) in [4.78, 5) is 34.9. The fourth-order valence-electron chi connectivity index (χ4n) is 2.96. The van der Waals surface area contributed by atoms with Gasteiger partial charge in [-0.25, -0.2) is 4.79 Å². The van der Waals surface area contributed by atoms with Crippen molar-refractivity contribution in [3.8, 4) is 0 Å². The molecule has 0 fully saturated rings. The first-order valence-corrected chi connectivity index (χ1v) is 11.1. The fourth-order valence-corrected chi connectivity index (χ4v) is 2.96. The van der Waals surface area contributed by atoms with E-state index in [0.29, 0.717) is 38.3 Å². The molecule has 1 rings (SSSR count). The number of likely N-dealkylation sites (N-methyl/N-ethyl adjacent to an activating group) is 1. The topological polar surface area (TPSA) is 108 Å². The first-order valence-electron chi connectivity index (χ1n) is 11.1. The van der Waals surface area contributed by atoms with Crippen LogP contribution in [0.3, 0.4) is 0 Å². The normalized spacial score (nSPS) is 11.8. The van der Waals surface area contributed by atoms with Gasteiger partial charge in [-0.1, -0.05) is 19.9 Å². The Hall–Kier alpha value is -2.11. The van der Waals surface area contributed by atoms with Gasteiger partial charge in [0.15, 0.2) is 5.96 Å². The van der Waals surface area contributed by atoms with E-state index in [2.05, 4.69) is 25.9 Å². The summed E-state index contributed by atoms with van der Waals surface area (Å²) in [5.41, 5.74) is -0.111. The Kier molecular flexibility index (Phi) is 14.0. The molecule has 0 atom stereocenters. The lowest BCUT2D eigenvalue weighted by molar-refractivity contribution is -0.128.